The average Bonchev–Trinajstić information content (AvgIpc) is 2.98. The lowest BCUT2D eigenvalue weighted by Gasteiger charge is -2.42. The third-order valence-electron chi connectivity index (χ3n) is 6.53. The van der Waals surface area contributed by atoms with Gasteiger partial charge in [-0.05, 0) is 73.1 Å². The van der Waals surface area contributed by atoms with E-state index in [1.165, 1.54) is 52.1 Å². The molecule has 4 atom stereocenters. The van der Waals surface area contributed by atoms with Gasteiger partial charge in [0.15, 0.2) is 0 Å². The van der Waals surface area contributed by atoms with E-state index in [4.69, 9.17) is 4.74 Å². The number of halogens is 1. The fraction of sp³-hybridized carbons (Fsp3) is 0.773. The minimum absolute atomic E-state index is 0.219. The van der Waals surface area contributed by atoms with Crippen LogP contribution in [0.1, 0.15) is 79.1 Å². The van der Waals surface area contributed by atoms with Crippen molar-refractivity contribution in [3.8, 4) is 0 Å². The minimum Gasteiger partial charge on any atom is -0.466 e. The van der Waals surface area contributed by atoms with Crippen molar-refractivity contribution in [2.75, 3.05) is 7.11 Å². The molecule has 0 heterocycles. The summed E-state index contributed by atoms with van der Waals surface area (Å²) in [4.78, 5) is 13.7. The van der Waals surface area contributed by atoms with E-state index < -0.39 is 0 Å². The molecule has 0 aromatic carbocycles. The zero-order valence-electron chi connectivity index (χ0n) is 16.9. The lowest BCUT2D eigenvalue weighted by Crippen LogP contribution is -2.33. The van der Waals surface area contributed by atoms with Crippen LogP contribution in [-0.2, 0) is 9.53 Å². The first kappa shape index (κ1) is 22.5. The van der Waals surface area contributed by atoms with E-state index >= 15 is 0 Å². The van der Waals surface area contributed by atoms with E-state index in [0.717, 1.165) is 18.3 Å². The molecular weight excluding hydrogens is 376 g/mol. The van der Waals surface area contributed by atoms with Crippen molar-refractivity contribution in [1.82, 2.24) is 0 Å². The normalized spacial score (nSPS) is 30.9. The number of allylic oxidation sites excluding steroid dienone is 1. The summed E-state index contributed by atoms with van der Waals surface area (Å²) in [6.07, 6.45) is 10.2. The molecule has 2 fully saturated rings. The average molecular weight is 413 g/mol. The summed E-state index contributed by atoms with van der Waals surface area (Å²) in [6, 6.07) is 0. The third-order valence-corrected chi connectivity index (χ3v) is 7.12. The molecule has 2 nitrogen and oxygen atoms in total. The second-order valence-electron chi connectivity index (χ2n) is 7.72. The molecule has 0 aliphatic heterocycles. The fourth-order valence-corrected chi connectivity index (χ4v) is 5.48. The number of methoxy groups -OCH3 is 1. The SMILES string of the molecule is C=C(C(=O)OC)C(C)CCCC1CCC2/C(=C/Br)CCCC12C.CC. The van der Waals surface area contributed by atoms with Gasteiger partial charge in [0.05, 0.1) is 7.11 Å². The van der Waals surface area contributed by atoms with Gasteiger partial charge in [0.25, 0.3) is 0 Å². The van der Waals surface area contributed by atoms with Crippen molar-refractivity contribution in [3.63, 3.8) is 0 Å². The summed E-state index contributed by atoms with van der Waals surface area (Å²) in [5.41, 5.74) is 2.74. The van der Waals surface area contributed by atoms with Crippen molar-refractivity contribution >= 4 is 21.9 Å². The van der Waals surface area contributed by atoms with E-state index in [0.29, 0.717) is 11.0 Å². The number of ether oxygens (including phenoxy) is 1. The number of carbonyl (C=O) groups is 1. The predicted octanol–water partition coefficient (Wildman–Crippen LogP) is 7.04. The Morgan fingerprint density at radius 1 is 1.44 bits per heavy atom. The topological polar surface area (TPSA) is 26.3 Å². The molecule has 0 N–H and O–H groups in total. The highest BCUT2D eigenvalue weighted by Crippen LogP contribution is 2.58. The van der Waals surface area contributed by atoms with Gasteiger partial charge in [0.2, 0.25) is 0 Å². The highest BCUT2D eigenvalue weighted by Gasteiger charge is 2.48. The largest absolute Gasteiger partial charge is 0.466 e. The summed E-state index contributed by atoms with van der Waals surface area (Å²) in [7, 11) is 1.43. The zero-order valence-corrected chi connectivity index (χ0v) is 18.5. The van der Waals surface area contributed by atoms with Crippen molar-refractivity contribution in [1.29, 1.82) is 0 Å². The molecule has 2 saturated carbocycles. The van der Waals surface area contributed by atoms with Gasteiger partial charge in [0.1, 0.15) is 0 Å². The van der Waals surface area contributed by atoms with Gasteiger partial charge in [-0.3, -0.25) is 0 Å². The van der Waals surface area contributed by atoms with E-state index in [1.807, 2.05) is 13.8 Å². The third kappa shape index (κ3) is 5.21. The molecule has 25 heavy (non-hydrogen) atoms. The minimum atomic E-state index is -0.259. The van der Waals surface area contributed by atoms with E-state index in [9.17, 15) is 4.79 Å². The lowest BCUT2D eigenvalue weighted by atomic mass is 9.63. The lowest BCUT2D eigenvalue weighted by molar-refractivity contribution is -0.136. The van der Waals surface area contributed by atoms with Crippen LogP contribution < -0.4 is 0 Å². The monoisotopic (exact) mass is 412 g/mol. The van der Waals surface area contributed by atoms with Crippen molar-refractivity contribution in [3.05, 3.63) is 22.7 Å². The van der Waals surface area contributed by atoms with E-state index in [-0.39, 0.29) is 11.9 Å². The highest BCUT2D eigenvalue weighted by molar-refractivity contribution is 9.11. The van der Waals surface area contributed by atoms with Crippen molar-refractivity contribution < 1.29 is 9.53 Å². The van der Waals surface area contributed by atoms with Crippen LogP contribution in [0, 0.1) is 23.2 Å². The molecule has 0 bridgehead atoms. The first-order valence-corrected chi connectivity index (χ1v) is 10.9. The van der Waals surface area contributed by atoms with Gasteiger partial charge >= 0.3 is 5.97 Å². The van der Waals surface area contributed by atoms with E-state index in [1.54, 1.807) is 5.57 Å². The Bertz CT molecular complexity index is 482. The molecule has 0 aromatic rings. The number of rotatable bonds is 6. The van der Waals surface area contributed by atoms with Crippen LogP contribution in [0.4, 0.5) is 0 Å². The summed E-state index contributed by atoms with van der Waals surface area (Å²) in [6.45, 7) is 12.5. The van der Waals surface area contributed by atoms with Crippen molar-refractivity contribution in [2.24, 2.45) is 23.2 Å². The molecular formula is C22H37BrO2. The van der Waals surface area contributed by atoms with Crippen LogP contribution >= 0.6 is 15.9 Å². The molecule has 0 aromatic heterocycles. The predicted molar refractivity (Wildman–Crippen MR) is 111 cm³/mol. The quantitative estimate of drug-likeness (QED) is 0.345. The van der Waals surface area contributed by atoms with Gasteiger partial charge in [-0.2, -0.15) is 0 Å². The maximum Gasteiger partial charge on any atom is 0.333 e. The summed E-state index contributed by atoms with van der Waals surface area (Å²) < 4.78 is 4.77. The van der Waals surface area contributed by atoms with Crippen LogP contribution in [0.15, 0.2) is 22.7 Å². The molecule has 0 saturated heterocycles. The van der Waals surface area contributed by atoms with Crippen LogP contribution in [0.3, 0.4) is 0 Å². The molecule has 0 radical (unpaired) electrons. The molecule has 4 unspecified atom stereocenters. The first-order chi connectivity index (χ1) is 11.9. The highest BCUT2D eigenvalue weighted by atomic mass is 79.9. The number of fused-ring (bicyclic) bond motifs is 1. The Balaban J connectivity index is 0.00000151. The van der Waals surface area contributed by atoms with Gasteiger partial charge in [-0.25, -0.2) is 4.79 Å². The standard InChI is InChI=1S/C20H31BrO2.C2H6/c1-14(15(2)19(22)23-4)7-5-9-17-10-11-18-16(13-21)8-6-12-20(17,18)3;1-2/h13-14,17-18H,2,5-12H2,1,3-4H3;1-2H3/b16-13+;. The molecule has 2 aliphatic rings. The van der Waals surface area contributed by atoms with Gasteiger partial charge in [-0.15, -0.1) is 0 Å². The number of hydrogen-bond donors (Lipinski definition) is 0. The maximum atomic E-state index is 11.5. The van der Waals surface area contributed by atoms with Crippen LogP contribution in [0.25, 0.3) is 0 Å². The molecule has 3 heteroatoms. The van der Waals surface area contributed by atoms with Crippen LogP contribution in [-0.4, -0.2) is 13.1 Å². The second-order valence-corrected chi connectivity index (χ2v) is 8.18. The van der Waals surface area contributed by atoms with Crippen molar-refractivity contribution in [2.45, 2.75) is 79.1 Å². The maximum absolute atomic E-state index is 11.5. The zero-order chi connectivity index (χ0) is 19.0. The molecule has 144 valence electrons. The first-order valence-electron chi connectivity index (χ1n) is 10.00. The molecule has 0 amide bonds. The number of carbonyl (C=O) groups excluding carboxylic acids is 1. The molecule has 2 aliphatic carbocycles. The fourth-order valence-electron chi connectivity index (χ4n) is 4.93. The summed E-state index contributed by atoms with van der Waals surface area (Å²) in [5.74, 6) is 1.57. The second kappa shape index (κ2) is 10.5. The number of esters is 1. The molecule has 0 spiro atoms. The Morgan fingerprint density at radius 2 is 2.12 bits per heavy atom. The summed E-state index contributed by atoms with van der Waals surface area (Å²) in [5, 5.41) is 0. The van der Waals surface area contributed by atoms with E-state index in [2.05, 4.69) is 41.3 Å². The van der Waals surface area contributed by atoms with Gasteiger partial charge in [-0.1, -0.05) is 62.2 Å². The Hall–Kier alpha value is -0.570. The van der Waals surface area contributed by atoms with Crippen LogP contribution in [0.5, 0.6) is 0 Å². The Morgan fingerprint density at radius 3 is 2.72 bits per heavy atom. The number of hydrogen-bond acceptors (Lipinski definition) is 2. The van der Waals surface area contributed by atoms with Gasteiger partial charge in [0, 0.05) is 5.57 Å². The Labute approximate surface area is 163 Å². The van der Waals surface area contributed by atoms with Gasteiger partial charge < -0.3 is 4.74 Å². The summed E-state index contributed by atoms with van der Waals surface area (Å²) >= 11 is 3.58. The Kier molecular flexibility index (Phi) is 9.48. The molecule has 2 rings (SSSR count). The van der Waals surface area contributed by atoms with Crippen LogP contribution in [0.2, 0.25) is 0 Å². The smallest absolute Gasteiger partial charge is 0.333 e.